The van der Waals surface area contributed by atoms with Crippen molar-refractivity contribution in [3.8, 4) is 0 Å². The summed E-state index contributed by atoms with van der Waals surface area (Å²) in [6.07, 6.45) is 5.43. The van der Waals surface area contributed by atoms with Crippen LogP contribution in [0.2, 0.25) is 0 Å². The van der Waals surface area contributed by atoms with Crippen LogP contribution in [0.4, 0.5) is 0 Å². The van der Waals surface area contributed by atoms with E-state index in [-0.39, 0.29) is 6.04 Å². The summed E-state index contributed by atoms with van der Waals surface area (Å²) >= 11 is 0. The third kappa shape index (κ3) is 1.69. The fraction of sp³-hybridized carbons (Fsp3) is 0.727. The first-order valence-electron chi connectivity index (χ1n) is 5.48. The molecule has 0 fully saturated rings. The van der Waals surface area contributed by atoms with E-state index in [0.717, 1.165) is 19.4 Å². The molecule has 1 unspecified atom stereocenters. The average Bonchev–Trinajstić information content (AvgIpc) is 2.49. The summed E-state index contributed by atoms with van der Waals surface area (Å²) in [6, 6.07) is 0.222. The molecule has 1 heterocycles. The van der Waals surface area contributed by atoms with Gasteiger partial charge in [-0.3, -0.25) is 4.68 Å². The molecule has 3 heteroatoms. The molecule has 0 saturated heterocycles. The molecule has 3 nitrogen and oxygen atoms in total. The molecule has 1 aliphatic rings. The standard InChI is InChI=1S/C11H19N3/c1-8(2)7-14-11-5-3-4-10(12)9(11)6-13-14/h6,8,10H,3-5,7,12H2,1-2H3. The zero-order chi connectivity index (χ0) is 10.1. The maximum absolute atomic E-state index is 6.04. The Morgan fingerprint density at radius 2 is 2.43 bits per heavy atom. The highest BCUT2D eigenvalue weighted by Crippen LogP contribution is 2.27. The van der Waals surface area contributed by atoms with Crippen molar-refractivity contribution in [1.29, 1.82) is 0 Å². The SMILES string of the molecule is CC(C)Cn1ncc2c1CCCC2N. The van der Waals surface area contributed by atoms with Crippen molar-refractivity contribution in [2.45, 2.75) is 45.7 Å². The van der Waals surface area contributed by atoms with Crippen molar-refractivity contribution >= 4 is 0 Å². The molecular formula is C11H19N3. The van der Waals surface area contributed by atoms with E-state index in [4.69, 9.17) is 5.73 Å². The summed E-state index contributed by atoms with van der Waals surface area (Å²) in [6.45, 7) is 5.45. The van der Waals surface area contributed by atoms with Gasteiger partial charge in [0, 0.05) is 23.8 Å². The molecule has 1 aromatic heterocycles. The van der Waals surface area contributed by atoms with E-state index in [1.807, 2.05) is 6.20 Å². The molecule has 0 aliphatic heterocycles. The quantitative estimate of drug-likeness (QED) is 0.779. The van der Waals surface area contributed by atoms with E-state index in [9.17, 15) is 0 Å². The second-order valence-corrected chi connectivity index (χ2v) is 4.62. The van der Waals surface area contributed by atoms with Crippen LogP contribution in [0.25, 0.3) is 0 Å². The number of aromatic nitrogens is 2. The molecule has 0 radical (unpaired) electrons. The minimum absolute atomic E-state index is 0.222. The van der Waals surface area contributed by atoms with Crippen molar-refractivity contribution in [3.63, 3.8) is 0 Å². The Bertz CT molecular complexity index is 314. The van der Waals surface area contributed by atoms with Gasteiger partial charge in [0.05, 0.1) is 6.20 Å². The van der Waals surface area contributed by atoms with Crippen LogP contribution < -0.4 is 5.73 Å². The van der Waals surface area contributed by atoms with E-state index in [1.165, 1.54) is 17.7 Å². The number of hydrogen-bond donors (Lipinski definition) is 1. The van der Waals surface area contributed by atoms with Gasteiger partial charge in [0.15, 0.2) is 0 Å². The van der Waals surface area contributed by atoms with Gasteiger partial charge in [0.25, 0.3) is 0 Å². The average molecular weight is 193 g/mol. The molecule has 0 saturated carbocycles. The minimum atomic E-state index is 0.222. The molecule has 2 N–H and O–H groups in total. The molecule has 0 amide bonds. The number of nitrogens with zero attached hydrogens (tertiary/aromatic N) is 2. The van der Waals surface area contributed by atoms with E-state index in [0.29, 0.717) is 5.92 Å². The summed E-state index contributed by atoms with van der Waals surface area (Å²) in [4.78, 5) is 0. The monoisotopic (exact) mass is 193 g/mol. The zero-order valence-electron chi connectivity index (χ0n) is 9.03. The predicted molar refractivity (Wildman–Crippen MR) is 56.9 cm³/mol. The maximum atomic E-state index is 6.04. The summed E-state index contributed by atoms with van der Waals surface area (Å²) in [5, 5.41) is 4.43. The first kappa shape index (κ1) is 9.71. The van der Waals surface area contributed by atoms with Gasteiger partial charge < -0.3 is 5.73 Å². The van der Waals surface area contributed by atoms with E-state index < -0.39 is 0 Å². The van der Waals surface area contributed by atoms with Gasteiger partial charge in [-0.15, -0.1) is 0 Å². The molecule has 2 rings (SSSR count). The van der Waals surface area contributed by atoms with Crippen LogP contribution >= 0.6 is 0 Å². The molecule has 1 aromatic rings. The Kier molecular flexibility index (Phi) is 2.59. The zero-order valence-corrected chi connectivity index (χ0v) is 9.03. The van der Waals surface area contributed by atoms with E-state index in [1.54, 1.807) is 0 Å². The van der Waals surface area contributed by atoms with Crippen LogP contribution in [0.15, 0.2) is 6.20 Å². The number of fused-ring (bicyclic) bond motifs is 1. The molecule has 0 spiro atoms. The Hall–Kier alpha value is -0.830. The lowest BCUT2D eigenvalue weighted by molar-refractivity contribution is 0.453. The third-order valence-corrected chi connectivity index (χ3v) is 2.85. The number of rotatable bonds is 2. The van der Waals surface area contributed by atoms with Crippen molar-refractivity contribution in [2.75, 3.05) is 0 Å². The normalized spacial score (nSPS) is 21.3. The molecule has 0 bridgehead atoms. The van der Waals surface area contributed by atoms with Crippen molar-refractivity contribution in [1.82, 2.24) is 9.78 Å². The molecule has 78 valence electrons. The predicted octanol–water partition coefficient (Wildman–Crippen LogP) is 1.88. The highest BCUT2D eigenvalue weighted by atomic mass is 15.3. The second kappa shape index (κ2) is 3.73. The minimum Gasteiger partial charge on any atom is -0.324 e. The van der Waals surface area contributed by atoms with Gasteiger partial charge in [-0.05, 0) is 25.2 Å². The van der Waals surface area contributed by atoms with Crippen molar-refractivity contribution in [2.24, 2.45) is 11.7 Å². The van der Waals surface area contributed by atoms with E-state index in [2.05, 4.69) is 23.6 Å². The largest absolute Gasteiger partial charge is 0.324 e. The number of nitrogens with two attached hydrogens (primary N) is 1. The van der Waals surface area contributed by atoms with Crippen LogP contribution in [-0.2, 0) is 13.0 Å². The van der Waals surface area contributed by atoms with Gasteiger partial charge in [0.1, 0.15) is 0 Å². The molecule has 14 heavy (non-hydrogen) atoms. The van der Waals surface area contributed by atoms with Crippen LogP contribution in [0, 0.1) is 5.92 Å². The Morgan fingerprint density at radius 1 is 1.64 bits per heavy atom. The lowest BCUT2D eigenvalue weighted by Gasteiger charge is -2.20. The fourth-order valence-electron chi connectivity index (χ4n) is 2.16. The highest BCUT2D eigenvalue weighted by Gasteiger charge is 2.21. The summed E-state index contributed by atoms with van der Waals surface area (Å²) in [7, 11) is 0. The third-order valence-electron chi connectivity index (χ3n) is 2.85. The molecule has 0 aromatic carbocycles. The van der Waals surface area contributed by atoms with Crippen LogP contribution in [-0.4, -0.2) is 9.78 Å². The van der Waals surface area contributed by atoms with Gasteiger partial charge >= 0.3 is 0 Å². The number of hydrogen-bond acceptors (Lipinski definition) is 2. The smallest absolute Gasteiger partial charge is 0.0540 e. The van der Waals surface area contributed by atoms with E-state index >= 15 is 0 Å². The van der Waals surface area contributed by atoms with Gasteiger partial charge in [-0.2, -0.15) is 5.10 Å². The van der Waals surface area contributed by atoms with Gasteiger partial charge in [0.2, 0.25) is 0 Å². The molecule has 1 atom stereocenters. The Morgan fingerprint density at radius 3 is 3.14 bits per heavy atom. The first-order chi connectivity index (χ1) is 6.68. The second-order valence-electron chi connectivity index (χ2n) is 4.62. The topological polar surface area (TPSA) is 43.8 Å². The lowest BCUT2D eigenvalue weighted by atomic mass is 9.94. The fourth-order valence-corrected chi connectivity index (χ4v) is 2.16. The lowest BCUT2D eigenvalue weighted by Crippen LogP contribution is -2.19. The van der Waals surface area contributed by atoms with Crippen LogP contribution in [0.5, 0.6) is 0 Å². The maximum Gasteiger partial charge on any atom is 0.0540 e. The first-order valence-corrected chi connectivity index (χ1v) is 5.48. The van der Waals surface area contributed by atoms with Crippen LogP contribution in [0.1, 0.15) is 44.0 Å². The molecular weight excluding hydrogens is 174 g/mol. The molecule has 1 aliphatic carbocycles. The van der Waals surface area contributed by atoms with Crippen molar-refractivity contribution < 1.29 is 0 Å². The van der Waals surface area contributed by atoms with Gasteiger partial charge in [-0.1, -0.05) is 13.8 Å². The summed E-state index contributed by atoms with van der Waals surface area (Å²) in [5.41, 5.74) is 8.68. The Labute approximate surface area is 85.3 Å². The summed E-state index contributed by atoms with van der Waals surface area (Å²) < 4.78 is 2.14. The highest BCUT2D eigenvalue weighted by molar-refractivity contribution is 5.24. The van der Waals surface area contributed by atoms with Gasteiger partial charge in [-0.25, -0.2) is 0 Å². The Balaban J connectivity index is 2.26. The van der Waals surface area contributed by atoms with Crippen LogP contribution in [0.3, 0.4) is 0 Å². The van der Waals surface area contributed by atoms with Crippen molar-refractivity contribution in [3.05, 3.63) is 17.5 Å². The summed E-state index contributed by atoms with van der Waals surface area (Å²) in [5.74, 6) is 0.650.